The summed E-state index contributed by atoms with van der Waals surface area (Å²) in [6.07, 6.45) is 1.61. The van der Waals surface area contributed by atoms with Gasteiger partial charge < -0.3 is 4.74 Å². The summed E-state index contributed by atoms with van der Waals surface area (Å²) in [4.78, 5) is 22.3. The number of carbonyl (C=O) groups excluding carboxylic acids is 2. The number of esters is 1. The summed E-state index contributed by atoms with van der Waals surface area (Å²) >= 11 is 13.4. The third-order valence-corrected chi connectivity index (χ3v) is 4.27. The Morgan fingerprint density at radius 3 is 2.70 bits per heavy atom. The van der Waals surface area contributed by atoms with Gasteiger partial charge in [0.15, 0.2) is 5.78 Å². The van der Waals surface area contributed by atoms with Crippen molar-refractivity contribution in [3.8, 4) is 0 Å². The third-order valence-electron chi connectivity index (χ3n) is 2.58. The predicted molar refractivity (Wildman–Crippen MR) is 83.7 cm³/mol. The Morgan fingerprint density at radius 2 is 2.05 bits per heavy atom. The molecule has 0 saturated heterocycles. The number of thioether (sulfide) groups is 1. The highest BCUT2D eigenvalue weighted by atomic mass is 35.5. The van der Waals surface area contributed by atoms with Gasteiger partial charge in [-0.15, -0.1) is 0 Å². The van der Waals surface area contributed by atoms with Crippen molar-refractivity contribution in [3.05, 3.63) is 33.8 Å². The Hall–Kier alpha value is -0.710. The lowest BCUT2D eigenvalue weighted by Crippen LogP contribution is -2.11. The standard InChI is InChI=1S/C14H16Cl2O3S/c1-19-14(18)8-12(17)9-20-6-2-3-10-4-5-11(15)7-13(10)16/h4-5,7H,2-3,6,8-9H2,1H3. The fraction of sp³-hybridized carbons (Fsp3) is 0.429. The van der Waals surface area contributed by atoms with E-state index in [4.69, 9.17) is 23.2 Å². The van der Waals surface area contributed by atoms with Gasteiger partial charge in [-0.2, -0.15) is 11.8 Å². The molecule has 0 atom stereocenters. The van der Waals surface area contributed by atoms with Gasteiger partial charge in [-0.3, -0.25) is 9.59 Å². The van der Waals surface area contributed by atoms with E-state index < -0.39 is 5.97 Å². The minimum absolute atomic E-state index is 0.105. The van der Waals surface area contributed by atoms with E-state index in [1.165, 1.54) is 18.9 Å². The summed E-state index contributed by atoms with van der Waals surface area (Å²) in [5.74, 6) is 0.588. The molecule has 0 heterocycles. The molecular weight excluding hydrogens is 319 g/mol. The second-order valence-electron chi connectivity index (χ2n) is 4.18. The van der Waals surface area contributed by atoms with Crippen LogP contribution in [0, 0.1) is 0 Å². The van der Waals surface area contributed by atoms with Gasteiger partial charge in [0.2, 0.25) is 0 Å². The highest BCUT2D eigenvalue weighted by molar-refractivity contribution is 7.99. The third kappa shape index (κ3) is 6.64. The van der Waals surface area contributed by atoms with E-state index in [0.29, 0.717) is 15.8 Å². The zero-order chi connectivity index (χ0) is 15.0. The van der Waals surface area contributed by atoms with Crippen LogP contribution < -0.4 is 0 Å². The van der Waals surface area contributed by atoms with Crippen LogP contribution in [0.2, 0.25) is 10.0 Å². The summed E-state index contributed by atoms with van der Waals surface area (Å²) in [5, 5.41) is 1.30. The van der Waals surface area contributed by atoms with E-state index in [2.05, 4.69) is 4.74 Å². The molecule has 0 aliphatic heterocycles. The topological polar surface area (TPSA) is 43.4 Å². The Balaban J connectivity index is 2.19. The largest absolute Gasteiger partial charge is 0.469 e. The molecule has 20 heavy (non-hydrogen) atoms. The first-order valence-electron chi connectivity index (χ1n) is 6.13. The number of ether oxygens (including phenoxy) is 1. The molecule has 0 radical (unpaired) electrons. The van der Waals surface area contributed by atoms with E-state index in [-0.39, 0.29) is 12.2 Å². The van der Waals surface area contributed by atoms with Crippen molar-refractivity contribution in [1.29, 1.82) is 0 Å². The van der Waals surface area contributed by atoms with Crippen molar-refractivity contribution < 1.29 is 14.3 Å². The van der Waals surface area contributed by atoms with E-state index in [0.717, 1.165) is 24.2 Å². The van der Waals surface area contributed by atoms with Crippen LogP contribution in [-0.2, 0) is 20.7 Å². The van der Waals surface area contributed by atoms with Gasteiger partial charge in [0, 0.05) is 10.0 Å². The normalized spacial score (nSPS) is 10.3. The number of halogens is 2. The lowest BCUT2D eigenvalue weighted by Gasteiger charge is -2.05. The molecule has 0 saturated carbocycles. The van der Waals surface area contributed by atoms with Crippen LogP contribution >= 0.6 is 35.0 Å². The summed E-state index contributed by atoms with van der Waals surface area (Å²) < 4.78 is 4.43. The maximum atomic E-state index is 11.4. The van der Waals surface area contributed by atoms with Crippen molar-refractivity contribution in [2.45, 2.75) is 19.3 Å². The molecule has 0 amide bonds. The Labute approximate surface area is 133 Å². The molecule has 1 aromatic rings. The van der Waals surface area contributed by atoms with Gasteiger partial charge in [0.05, 0.1) is 12.9 Å². The number of methoxy groups -OCH3 is 1. The van der Waals surface area contributed by atoms with Crippen LogP contribution in [0.3, 0.4) is 0 Å². The number of hydrogen-bond donors (Lipinski definition) is 0. The predicted octanol–water partition coefficient (Wildman–Crippen LogP) is 3.79. The van der Waals surface area contributed by atoms with Crippen LogP contribution in [0.25, 0.3) is 0 Å². The Bertz CT molecular complexity index is 477. The molecule has 0 unspecified atom stereocenters. The second kappa shape index (κ2) is 9.27. The van der Waals surface area contributed by atoms with Gasteiger partial charge in [0.25, 0.3) is 0 Å². The molecule has 0 aromatic heterocycles. The molecule has 1 rings (SSSR count). The summed E-state index contributed by atoms with van der Waals surface area (Å²) in [6.45, 7) is 0. The molecule has 0 aliphatic rings. The molecule has 0 aliphatic carbocycles. The molecule has 3 nitrogen and oxygen atoms in total. The van der Waals surface area contributed by atoms with E-state index in [1.54, 1.807) is 6.07 Å². The number of hydrogen-bond acceptors (Lipinski definition) is 4. The number of ketones is 1. The lowest BCUT2D eigenvalue weighted by molar-refractivity contribution is -0.142. The first-order valence-corrected chi connectivity index (χ1v) is 8.04. The Kier molecular flexibility index (Phi) is 8.04. The minimum Gasteiger partial charge on any atom is -0.469 e. The fourth-order valence-electron chi connectivity index (χ4n) is 1.56. The monoisotopic (exact) mass is 334 g/mol. The first kappa shape index (κ1) is 17.3. The van der Waals surface area contributed by atoms with E-state index >= 15 is 0 Å². The van der Waals surface area contributed by atoms with Crippen LogP contribution in [0.1, 0.15) is 18.4 Å². The van der Waals surface area contributed by atoms with Crippen molar-refractivity contribution in [2.75, 3.05) is 18.6 Å². The second-order valence-corrected chi connectivity index (χ2v) is 6.13. The molecule has 1 aromatic carbocycles. The molecule has 110 valence electrons. The average Bonchev–Trinajstić information content (AvgIpc) is 2.40. The smallest absolute Gasteiger partial charge is 0.313 e. The Morgan fingerprint density at radius 1 is 1.30 bits per heavy atom. The summed E-state index contributed by atoms with van der Waals surface area (Å²) in [6, 6.07) is 5.46. The minimum atomic E-state index is -0.483. The molecule has 6 heteroatoms. The molecular formula is C14H16Cl2O3S. The van der Waals surface area contributed by atoms with Crippen LogP contribution in [0.15, 0.2) is 18.2 Å². The van der Waals surface area contributed by atoms with Gasteiger partial charge in [-0.25, -0.2) is 0 Å². The van der Waals surface area contributed by atoms with Gasteiger partial charge in [-0.05, 0) is 36.3 Å². The van der Waals surface area contributed by atoms with Crippen molar-refractivity contribution in [2.24, 2.45) is 0 Å². The van der Waals surface area contributed by atoms with Crippen molar-refractivity contribution in [3.63, 3.8) is 0 Å². The maximum Gasteiger partial charge on any atom is 0.313 e. The molecule has 0 fully saturated rings. The van der Waals surface area contributed by atoms with E-state index in [1.807, 2.05) is 12.1 Å². The SMILES string of the molecule is COC(=O)CC(=O)CSCCCc1ccc(Cl)cc1Cl. The van der Waals surface area contributed by atoms with Gasteiger partial charge >= 0.3 is 5.97 Å². The van der Waals surface area contributed by atoms with E-state index in [9.17, 15) is 9.59 Å². The number of Topliss-reactive ketones (excluding diaryl/α,β-unsaturated/α-hetero) is 1. The van der Waals surface area contributed by atoms with Crippen LogP contribution in [0.5, 0.6) is 0 Å². The number of rotatable bonds is 8. The van der Waals surface area contributed by atoms with Crippen LogP contribution in [-0.4, -0.2) is 30.4 Å². The molecule has 0 N–H and O–H groups in total. The average molecular weight is 335 g/mol. The number of aryl methyl sites for hydroxylation is 1. The van der Waals surface area contributed by atoms with Crippen molar-refractivity contribution in [1.82, 2.24) is 0 Å². The highest BCUT2D eigenvalue weighted by Gasteiger charge is 2.09. The summed E-state index contributed by atoms with van der Waals surface area (Å²) in [7, 11) is 1.28. The maximum absolute atomic E-state index is 11.4. The quantitative estimate of drug-likeness (QED) is 0.412. The van der Waals surface area contributed by atoms with Gasteiger partial charge in [0.1, 0.15) is 6.42 Å². The van der Waals surface area contributed by atoms with Gasteiger partial charge in [-0.1, -0.05) is 29.3 Å². The lowest BCUT2D eigenvalue weighted by atomic mass is 10.1. The van der Waals surface area contributed by atoms with Crippen LogP contribution in [0.4, 0.5) is 0 Å². The first-order chi connectivity index (χ1) is 9.52. The zero-order valence-corrected chi connectivity index (χ0v) is 13.5. The summed E-state index contributed by atoms with van der Waals surface area (Å²) in [5.41, 5.74) is 1.05. The highest BCUT2D eigenvalue weighted by Crippen LogP contribution is 2.22. The fourth-order valence-corrected chi connectivity index (χ4v) is 2.88. The van der Waals surface area contributed by atoms with Crippen molar-refractivity contribution >= 4 is 46.7 Å². The molecule has 0 spiro atoms. The number of carbonyl (C=O) groups is 2. The number of benzene rings is 1. The zero-order valence-electron chi connectivity index (χ0n) is 11.2. The molecule has 0 bridgehead atoms.